The van der Waals surface area contributed by atoms with Crippen molar-refractivity contribution in [1.82, 2.24) is 4.98 Å². The van der Waals surface area contributed by atoms with Crippen molar-refractivity contribution in [1.29, 1.82) is 0 Å². The zero-order valence-electron chi connectivity index (χ0n) is 14.0. The van der Waals surface area contributed by atoms with E-state index in [-0.39, 0.29) is 0 Å². The Kier molecular flexibility index (Phi) is 4.52. The second-order valence-corrected chi connectivity index (χ2v) is 5.70. The molecule has 0 aliphatic heterocycles. The number of hydrazone groups is 1. The monoisotopic (exact) mass is 339 g/mol. The fourth-order valence-corrected chi connectivity index (χ4v) is 2.62. The number of rotatable bonds is 4. The van der Waals surface area contributed by atoms with Gasteiger partial charge in [0.15, 0.2) is 0 Å². The van der Waals surface area contributed by atoms with Gasteiger partial charge in [0.05, 0.1) is 11.4 Å². The molecule has 0 unspecified atom stereocenters. The third-order valence-electron chi connectivity index (χ3n) is 3.91. The molecule has 0 atom stereocenters. The highest BCUT2D eigenvalue weighted by Gasteiger charge is 2.10. The number of H-pyrrole nitrogens is 1. The lowest BCUT2D eigenvalue weighted by molar-refractivity contribution is 1.22. The van der Waals surface area contributed by atoms with Gasteiger partial charge in [0.25, 0.3) is 0 Å². The van der Waals surface area contributed by atoms with Gasteiger partial charge in [-0.05, 0) is 30.3 Å². The summed E-state index contributed by atoms with van der Waals surface area (Å²) < 4.78 is 0. The average Bonchev–Trinajstić information content (AvgIpc) is 3.14. The lowest BCUT2D eigenvalue weighted by Gasteiger charge is -2.02. The molecule has 0 spiro atoms. The Morgan fingerprint density at radius 3 is 2.27 bits per heavy atom. The highest BCUT2D eigenvalue weighted by molar-refractivity contribution is 6.10. The van der Waals surface area contributed by atoms with Crippen LogP contribution in [0.4, 0.5) is 11.4 Å². The summed E-state index contributed by atoms with van der Waals surface area (Å²) >= 11 is 0. The maximum atomic E-state index is 4.49. The third kappa shape index (κ3) is 3.52. The van der Waals surface area contributed by atoms with Crippen LogP contribution in [0.1, 0.15) is 5.56 Å². The summed E-state index contributed by atoms with van der Waals surface area (Å²) in [5.74, 6) is 0.509. The minimum atomic E-state index is 0.509. The largest absolute Gasteiger partial charge is 0.360 e. The predicted molar refractivity (Wildman–Crippen MR) is 106 cm³/mol. The second kappa shape index (κ2) is 7.44. The average molecular weight is 339 g/mol. The fraction of sp³-hybridized carbons (Fsp3) is 0. The number of benzene rings is 3. The van der Waals surface area contributed by atoms with Gasteiger partial charge < -0.3 is 4.98 Å². The zero-order chi connectivity index (χ0) is 17.6. The molecule has 26 heavy (non-hydrogen) atoms. The van der Waals surface area contributed by atoms with Crippen molar-refractivity contribution in [3.05, 3.63) is 96.7 Å². The number of amidine groups is 1. The Balaban J connectivity index is 1.72. The predicted octanol–water partition coefficient (Wildman–Crippen LogP) is 5.73. The number of para-hydroxylation sites is 2. The first kappa shape index (κ1) is 15.8. The van der Waals surface area contributed by atoms with Crippen LogP contribution in [0.3, 0.4) is 0 Å². The van der Waals surface area contributed by atoms with Crippen molar-refractivity contribution in [2.75, 3.05) is 5.43 Å². The van der Waals surface area contributed by atoms with E-state index in [0.29, 0.717) is 5.84 Å². The first-order chi connectivity index (χ1) is 12.9. The van der Waals surface area contributed by atoms with E-state index in [0.717, 1.165) is 27.8 Å². The van der Waals surface area contributed by atoms with Crippen LogP contribution in [0.5, 0.6) is 0 Å². The lowest BCUT2D eigenvalue weighted by Crippen LogP contribution is -2.00. The molecule has 0 aliphatic rings. The number of hydrogen-bond acceptors (Lipinski definition) is 3. The summed E-state index contributed by atoms with van der Waals surface area (Å²) in [6.45, 7) is 0. The normalized spacial score (nSPS) is 11.9. The molecule has 1 aromatic heterocycles. The van der Waals surface area contributed by atoms with E-state index in [9.17, 15) is 0 Å². The molecule has 4 aromatic rings. The third-order valence-corrected chi connectivity index (χ3v) is 3.91. The van der Waals surface area contributed by atoms with E-state index in [4.69, 9.17) is 0 Å². The van der Waals surface area contributed by atoms with Gasteiger partial charge in [0.1, 0.15) is 0 Å². The van der Waals surface area contributed by atoms with Gasteiger partial charge in [-0.15, -0.1) is 10.2 Å². The summed E-state index contributed by atoms with van der Waals surface area (Å²) in [4.78, 5) is 3.25. The van der Waals surface area contributed by atoms with Crippen molar-refractivity contribution >= 4 is 28.1 Å². The van der Waals surface area contributed by atoms with Crippen LogP contribution in [0.2, 0.25) is 0 Å². The number of anilines is 1. The van der Waals surface area contributed by atoms with Gasteiger partial charge in [-0.25, -0.2) is 0 Å². The van der Waals surface area contributed by atoms with Crippen molar-refractivity contribution in [2.45, 2.75) is 0 Å². The second-order valence-electron chi connectivity index (χ2n) is 5.70. The molecule has 1 heterocycles. The molecular weight excluding hydrogens is 322 g/mol. The summed E-state index contributed by atoms with van der Waals surface area (Å²) in [6, 6.07) is 27.4. The van der Waals surface area contributed by atoms with E-state index < -0.39 is 0 Å². The molecule has 4 rings (SSSR count). The van der Waals surface area contributed by atoms with Crippen LogP contribution in [0.15, 0.2) is 106 Å². The summed E-state index contributed by atoms with van der Waals surface area (Å²) in [5.41, 5.74) is 6.65. The molecule has 0 bridgehead atoms. The molecule has 0 fully saturated rings. The maximum Gasteiger partial charge on any atom is 0.203 e. The van der Waals surface area contributed by atoms with Gasteiger partial charge in [-0.3, -0.25) is 5.43 Å². The number of azo groups is 1. The number of nitrogens with zero attached hydrogens (tertiary/aromatic N) is 3. The van der Waals surface area contributed by atoms with Crippen LogP contribution in [0.25, 0.3) is 10.9 Å². The van der Waals surface area contributed by atoms with E-state index in [1.165, 1.54) is 0 Å². The molecule has 3 aromatic carbocycles. The Bertz CT molecular complexity index is 1050. The van der Waals surface area contributed by atoms with Crippen molar-refractivity contribution in [3.63, 3.8) is 0 Å². The number of nitrogens with one attached hydrogen (secondary N) is 2. The summed E-state index contributed by atoms with van der Waals surface area (Å²) in [6.07, 6.45) is 1.90. The SMILES string of the molecule is c1ccc(N=N/C(=N/Nc2ccccc2)c2c[nH]c3ccccc23)cc1. The van der Waals surface area contributed by atoms with E-state index in [1.807, 2.05) is 91.1 Å². The Morgan fingerprint density at radius 1 is 0.769 bits per heavy atom. The van der Waals surface area contributed by atoms with Crippen molar-refractivity contribution in [2.24, 2.45) is 15.3 Å². The lowest BCUT2D eigenvalue weighted by atomic mass is 10.1. The molecule has 5 nitrogen and oxygen atoms in total. The van der Waals surface area contributed by atoms with Crippen LogP contribution in [-0.2, 0) is 0 Å². The quantitative estimate of drug-likeness (QED) is 0.212. The zero-order valence-corrected chi connectivity index (χ0v) is 14.0. The highest BCUT2D eigenvalue weighted by atomic mass is 15.3. The number of fused-ring (bicyclic) bond motifs is 1. The molecule has 0 saturated heterocycles. The maximum absolute atomic E-state index is 4.49. The highest BCUT2D eigenvalue weighted by Crippen LogP contribution is 2.21. The number of aromatic amines is 1. The van der Waals surface area contributed by atoms with Gasteiger partial charge in [-0.2, -0.15) is 5.10 Å². The molecule has 2 N–H and O–H groups in total. The summed E-state index contributed by atoms with van der Waals surface area (Å²) in [7, 11) is 0. The Labute approximate surface area is 151 Å². The van der Waals surface area contributed by atoms with E-state index >= 15 is 0 Å². The van der Waals surface area contributed by atoms with Crippen molar-refractivity contribution in [3.8, 4) is 0 Å². The Hall–Kier alpha value is -3.73. The number of aromatic nitrogens is 1. The van der Waals surface area contributed by atoms with Crippen molar-refractivity contribution < 1.29 is 0 Å². The first-order valence-electron chi connectivity index (χ1n) is 8.32. The molecule has 0 aliphatic carbocycles. The van der Waals surface area contributed by atoms with Gasteiger partial charge in [-0.1, -0.05) is 54.6 Å². The molecular formula is C21H17N5. The van der Waals surface area contributed by atoms with Crippen LogP contribution >= 0.6 is 0 Å². The first-order valence-corrected chi connectivity index (χ1v) is 8.32. The van der Waals surface area contributed by atoms with Crippen LogP contribution in [0, 0.1) is 0 Å². The fourth-order valence-electron chi connectivity index (χ4n) is 2.62. The van der Waals surface area contributed by atoms with Gasteiger partial charge in [0.2, 0.25) is 5.84 Å². The minimum Gasteiger partial charge on any atom is -0.360 e. The molecule has 0 amide bonds. The minimum absolute atomic E-state index is 0.509. The molecule has 0 radical (unpaired) electrons. The molecule has 0 saturated carbocycles. The number of hydrogen-bond donors (Lipinski definition) is 2. The Morgan fingerprint density at radius 2 is 1.46 bits per heavy atom. The van der Waals surface area contributed by atoms with Crippen LogP contribution < -0.4 is 5.43 Å². The van der Waals surface area contributed by atoms with Gasteiger partial charge in [0, 0.05) is 22.7 Å². The van der Waals surface area contributed by atoms with Crippen LogP contribution in [-0.4, -0.2) is 10.8 Å². The standard InChI is InChI=1S/C21H17N5/c1-3-9-16(10-4-1)23-25-21(26-24-17-11-5-2-6-12-17)19-15-22-20-14-8-7-13-18(19)20/h1-15,22-23H/b25-21+,26-24?. The van der Waals surface area contributed by atoms with Gasteiger partial charge >= 0.3 is 0 Å². The smallest absolute Gasteiger partial charge is 0.203 e. The topological polar surface area (TPSA) is 64.9 Å². The van der Waals surface area contributed by atoms with E-state index in [2.05, 4.69) is 25.7 Å². The molecule has 126 valence electrons. The summed E-state index contributed by atoms with van der Waals surface area (Å²) in [5, 5.41) is 14.3. The molecule has 5 heteroatoms. The van der Waals surface area contributed by atoms with E-state index in [1.54, 1.807) is 0 Å².